The van der Waals surface area contributed by atoms with Gasteiger partial charge in [-0.2, -0.15) is 0 Å². The van der Waals surface area contributed by atoms with E-state index in [1.54, 1.807) is 0 Å². The Morgan fingerprint density at radius 2 is 0.231 bits per heavy atom. The van der Waals surface area contributed by atoms with Crippen LogP contribution in [0.1, 0.15) is 125 Å². The van der Waals surface area contributed by atoms with Crippen LogP contribution in [0, 0.1) is 34.6 Å². The van der Waals surface area contributed by atoms with Gasteiger partial charge in [0.1, 0.15) is 33.5 Å². The second-order valence-corrected chi connectivity index (χ2v) is 30.6. The number of para-hydroxylation sites is 6. The van der Waals surface area contributed by atoms with Gasteiger partial charge in [0.25, 0.3) is 0 Å². The van der Waals surface area contributed by atoms with E-state index < -0.39 is 0 Å². The molecule has 24 rings (SSSR count). The maximum atomic E-state index is 5.65. The van der Waals surface area contributed by atoms with Gasteiger partial charge in [0.15, 0.2) is 0 Å². The first-order chi connectivity index (χ1) is 66.1. The number of hydrogen-bond donors (Lipinski definition) is 0. The predicted octanol–water partition coefficient (Wildman–Crippen LogP) is 41.7. The average molecular weight is 1800 g/mol. The lowest BCUT2D eigenvalue weighted by Crippen LogP contribution is -1.67. The second-order valence-electron chi connectivity index (χ2n) is 28.4. The first-order valence-corrected chi connectivity index (χ1v) is 49.1. The van der Waals surface area contributed by atoms with Crippen LogP contribution in [0.25, 0.3) is 128 Å². The Balaban J connectivity index is 0.000000224. The van der Waals surface area contributed by atoms with E-state index in [4.69, 9.17) is 13.3 Å². The molecule has 0 N–H and O–H groups in total. The molecule has 5 heteroatoms. The Morgan fingerprint density at radius 3 is 0.366 bits per heavy atom. The van der Waals surface area contributed by atoms with E-state index in [9.17, 15) is 0 Å². The summed E-state index contributed by atoms with van der Waals surface area (Å²) in [5.41, 5.74) is 12.4. The molecule has 0 aliphatic heterocycles. The largest absolute Gasteiger partial charge is 0.456 e. The Morgan fingerprint density at radius 1 is 0.119 bits per heavy atom. The lowest BCUT2D eigenvalue weighted by Gasteiger charge is -1.92. The number of benzene rings is 19. The summed E-state index contributed by atoms with van der Waals surface area (Å²) in [6.07, 6.45) is 0. The van der Waals surface area contributed by atoms with Crippen molar-refractivity contribution in [2.24, 2.45) is 0 Å². The fourth-order valence-corrected chi connectivity index (χ4v) is 15.5. The SMILES string of the molecule is CC.CC.CC.CC.CC.CC.CC.Cc1ccccc1.Cc1ccccc1.Cc1ccccc1.Cc1ccccc1.Cc1ccccc1.c1ccc2c(c1)oc1ccccc12.c1ccc2c(c1)oc1ccccc12.c1ccc2c(c1)oc1ccccc12.c1ccc2c(c1)sc1ccccc12.c1ccc2c(c1)sc1ccccc12.c1ccc2ccccc2c1.c1ccc2ccccc2c1. The van der Waals surface area contributed by atoms with Crippen LogP contribution in [0.5, 0.6) is 0 Å². The summed E-state index contributed by atoms with van der Waals surface area (Å²) >= 11 is 3.72. The number of furan rings is 3. The van der Waals surface area contributed by atoms with Gasteiger partial charge in [-0.3, -0.25) is 0 Å². The highest BCUT2D eigenvalue weighted by Gasteiger charge is 2.08. The third-order valence-electron chi connectivity index (χ3n) is 19.4. The minimum atomic E-state index is 0.962. The summed E-state index contributed by atoms with van der Waals surface area (Å²) < 4.78 is 22.5. The molecule has 0 unspecified atom stereocenters. The van der Waals surface area contributed by atoms with Crippen molar-refractivity contribution < 1.29 is 13.3 Å². The van der Waals surface area contributed by atoms with Crippen LogP contribution in [0.15, 0.2) is 505 Å². The molecule has 0 bridgehead atoms. The molecule has 0 amide bonds. The van der Waals surface area contributed by atoms with Crippen LogP contribution in [-0.4, -0.2) is 0 Å². The molecule has 5 heterocycles. The van der Waals surface area contributed by atoms with Crippen molar-refractivity contribution in [2.45, 2.75) is 132 Å². The quantitative estimate of drug-likeness (QED) is 0.152. The molecule has 0 atom stereocenters. The lowest BCUT2D eigenvalue weighted by atomic mass is 10.1. The third-order valence-corrected chi connectivity index (χ3v) is 21.7. The molecule has 0 spiro atoms. The Kier molecular flexibility index (Phi) is 52.7. The molecule has 0 saturated carbocycles. The van der Waals surface area contributed by atoms with Crippen molar-refractivity contribution in [2.75, 3.05) is 0 Å². The van der Waals surface area contributed by atoms with Crippen LogP contribution in [0.3, 0.4) is 0 Å². The standard InChI is InChI=1S/3C12H8O.2C12H8S.2C10H8.5C7H8.7C2H6/c5*1-3-7-11-9(5-1)10-6-2-4-8-12(10)13-11;2*1-2-6-10-8-4-3-7-9(10)5-1;5*1-7-5-3-2-4-6-7;7*1-2/h5*1-8H;2*1-8H;5*2-6H,1H3;7*1-2H3. The van der Waals surface area contributed by atoms with Crippen molar-refractivity contribution in [3.63, 3.8) is 0 Å². The number of aryl methyl sites for hydroxylation is 5. The molecule has 0 aliphatic carbocycles. The van der Waals surface area contributed by atoms with Crippen molar-refractivity contribution in [3.8, 4) is 0 Å². The van der Waals surface area contributed by atoms with E-state index in [2.05, 4.69) is 326 Å². The molecule has 0 aliphatic rings. The molecule has 0 fully saturated rings. The van der Waals surface area contributed by atoms with E-state index in [1.807, 2.05) is 320 Å². The maximum absolute atomic E-state index is 5.65. The lowest BCUT2D eigenvalue weighted by molar-refractivity contribution is 0.668. The van der Waals surface area contributed by atoms with Crippen molar-refractivity contribution in [1.82, 2.24) is 0 Å². The molecular weight excluding hydrogens is 1660 g/mol. The van der Waals surface area contributed by atoms with Gasteiger partial charge in [0.05, 0.1) is 0 Å². The van der Waals surface area contributed by atoms with Gasteiger partial charge < -0.3 is 13.3 Å². The van der Waals surface area contributed by atoms with E-state index in [1.165, 1.54) is 122 Å². The molecule has 5 aromatic heterocycles. The average Bonchev–Trinajstić information content (AvgIpc) is 1.67. The number of rotatable bonds is 0. The molecule has 134 heavy (non-hydrogen) atoms. The van der Waals surface area contributed by atoms with Gasteiger partial charge in [-0.05, 0) is 117 Å². The zero-order chi connectivity index (χ0) is 96.6. The normalized spacial score (nSPS) is 9.46. The number of thiophene rings is 2. The predicted molar refractivity (Wildman–Crippen MR) is 603 cm³/mol. The smallest absolute Gasteiger partial charge is 0.135 e. The molecule has 24 aromatic rings. The van der Waals surface area contributed by atoms with E-state index in [0.29, 0.717) is 0 Å². The van der Waals surface area contributed by atoms with Gasteiger partial charge in [-0.15, -0.1) is 22.7 Å². The van der Waals surface area contributed by atoms with E-state index >= 15 is 0 Å². The molecular formula is C129H138O3S2. The van der Waals surface area contributed by atoms with Crippen LogP contribution in [-0.2, 0) is 0 Å². The second kappa shape index (κ2) is 65.2. The van der Waals surface area contributed by atoms with Gasteiger partial charge in [0.2, 0.25) is 0 Å². The fourth-order valence-electron chi connectivity index (χ4n) is 13.3. The van der Waals surface area contributed by atoms with Gasteiger partial charge in [-0.25, -0.2) is 0 Å². The van der Waals surface area contributed by atoms with Gasteiger partial charge in [-0.1, -0.05) is 555 Å². The first-order valence-electron chi connectivity index (χ1n) is 47.4. The van der Waals surface area contributed by atoms with Crippen molar-refractivity contribution in [3.05, 3.63) is 519 Å². The van der Waals surface area contributed by atoms with Crippen molar-refractivity contribution in [1.29, 1.82) is 0 Å². The topological polar surface area (TPSA) is 39.4 Å². The summed E-state index contributed by atoms with van der Waals surface area (Å²) in [6.45, 7) is 38.4. The molecule has 19 aromatic carbocycles. The highest BCUT2D eigenvalue weighted by molar-refractivity contribution is 7.26. The summed E-state index contributed by atoms with van der Waals surface area (Å²) in [5.74, 6) is 0. The van der Waals surface area contributed by atoms with Gasteiger partial charge in [0, 0.05) is 72.7 Å². The van der Waals surface area contributed by atoms with Crippen LogP contribution in [0.4, 0.5) is 0 Å². The zero-order valence-corrected chi connectivity index (χ0v) is 83.9. The number of hydrogen-bond acceptors (Lipinski definition) is 5. The summed E-state index contributed by atoms with van der Waals surface area (Å²) in [4.78, 5) is 0. The van der Waals surface area contributed by atoms with Crippen LogP contribution < -0.4 is 0 Å². The Labute approximate surface area is 808 Å². The molecule has 0 saturated heterocycles. The number of fused-ring (bicyclic) bond motifs is 17. The molecule has 3 nitrogen and oxygen atoms in total. The van der Waals surface area contributed by atoms with Crippen LogP contribution in [0.2, 0.25) is 0 Å². The summed E-state index contributed by atoms with van der Waals surface area (Å²) in [6, 6.07) is 168. The monoisotopic (exact) mass is 1800 g/mol. The Bertz CT molecular complexity index is 5820. The minimum absolute atomic E-state index is 0.962. The van der Waals surface area contributed by atoms with E-state index in [0.717, 1.165) is 33.5 Å². The van der Waals surface area contributed by atoms with Crippen molar-refractivity contribution >= 4 is 150 Å². The highest BCUT2D eigenvalue weighted by atomic mass is 32.1. The zero-order valence-electron chi connectivity index (χ0n) is 82.3. The summed E-state index contributed by atoms with van der Waals surface area (Å²) in [7, 11) is 0. The first kappa shape index (κ1) is 108. The van der Waals surface area contributed by atoms with E-state index in [-0.39, 0.29) is 0 Å². The van der Waals surface area contributed by atoms with Gasteiger partial charge >= 0.3 is 0 Å². The Hall–Kier alpha value is -14.5. The fraction of sp³-hybridized carbons (Fsp3) is 0.147. The van der Waals surface area contributed by atoms with Crippen LogP contribution >= 0.6 is 22.7 Å². The minimum Gasteiger partial charge on any atom is -0.456 e. The highest BCUT2D eigenvalue weighted by Crippen LogP contribution is 2.36. The molecule has 684 valence electrons. The maximum Gasteiger partial charge on any atom is 0.135 e. The molecule has 0 radical (unpaired) electrons. The third kappa shape index (κ3) is 35.7. The summed E-state index contributed by atoms with van der Waals surface area (Å²) in [5, 5.41) is 17.9.